The molecule has 0 aliphatic rings. The average molecular weight is 586 g/mol. The Labute approximate surface area is 219 Å². The van der Waals surface area contributed by atoms with E-state index in [2.05, 4.69) is 15.2 Å². The highest BCUT2D eigenvalue weighted by Crippen LogP contribution is 2.40. The second-order valence-corrected chi connectivity index (χ2v) is 8.30. The van der Waals surface area contributed by atoms with Crippen LogP contribution < -0.4 is 23.7 Å². The molecule has 0 saturated heterocycles. The van der Waals surface area contributed by atoms with Crippen molar-refractivity contribution in [1.29, 1.82) is 0 Å². The number of hydrogen-bond acceptors (Lipinski definition) is 7. The number of methoxy groups -OCH3 is 3. The van der Waals surface area contributed by atoms with Gasteiger partial charge in [-0.1, -0.05) is 34.8 Å². The van der Waals surface area contributed by atoms with Gasteiger partial charge in [0.05, 0.1) is 21.3 Å². The summed E-state index contributed by atoms with van der Waals surface area (Å²) in [4.78, 5) is 6.09. The Bertz CT molecular complexity index is 1330. The molecule has 38 heavy (non-hydrogen) atoms. The molecule has 0 atom stereocenters. The first-order chi connectivity index (χ1) is 17.5. The summed E-state index contributed by atoms with van der Waals surface area (Å²) in [5.74, 6) is 1.24. The lowest BCUT2D eigenvalue weighted by Crippen LogP contribution is -3.00. The highest BCUT2D eigenvalue weighted by atomic mass is 35.5. The van der Waals surface area contributed by atoms with Gasteiger partial charge in [-0.15, -0.1) is 0 Å². The molecule has 0 fully saturated rings. The van der Waals surface area contributed by atoms with E-state index in [0.717, 1.165) is 4.80 Å². The van der Waals surface area contributed by atoms with E-state index in [1.54, 1.807) is 36.4 Å². The molecule has 2 aromatic carbocycles. The van der Waals surface area contributed by atoms with Crippen LogP contribution in [-0.2, 0) is 6.18 Å². The van der Waals surface area contributed by atoms with E-state index in [9.17, 15) is 26.1 Å². The Morgan fingerprint density at radius 3 is 1.97 bits per heavy atom. The van der Waals surface area contributed by atoms with Crippen LogP contribution in [0.2, 0.25) is 4.34 Å². The lowest BCUT2D eigenvalue weighted by Gasteiger charge is -2.13. The predicted molar refractivity (Wildman–Crippen MR) is 123 cm³/mol. The number of aromatic nitrogens is 5. The van der Waals surface area contributed by atoms with Crippen molar-refractivity contribution in [3.8, 4) is 39.5 Å². The zero-order valence-electron chi connectivity index (χ0n) is 19.5. The first-order valence-corrected chi connectivity index (χ1v) is 11.1. The zero-order chi connectivity index (χ0) is 27.3. The molecular formula is C20H16BClF7N5O3S. The second kappa shape index (κ2) is 12.8. The molecular weight excluding hydrogens is 570 g/mol. The van der Waals surface area contributed by atoms with Crippen LogP contribution in [-0.4, -0.2) is 48.9 Å². The summed E-state index contributed by atoms with van der Waals surface area (Å²) in [5.41, 5.74) is -0.174. The number of rotatable bonds is 6. The van der Waals surface area contributed by atoms with Crippen LogP contribution in [0, 0.1) is 0 Å². The molecule has 18 heteroatoms. The fraction of sp³-hybridized carbons (Fsp3) is 0.200. The molecule has 0 radical (unpaired) electrons. The summed E-state index contributed by atoms with van der Waals surface area (Å²) in [6.07, 6.45) is -4.72. The van der Waals surface area contributed by atoms with Crippen LogP contribution in [0.4, 0.5) is 26.1 Å². The molecule has 4 rings (SSSR count). The van der Waals surface area contributed by atoms with Crippen molar-refractivity contribution in [3.05, 3.63) is 52.5 Å². The minimum atomic E-state index is -4.72. The van der Waals surface area contributed by atoms with Crippen molar-refractivity contribution in [2.75, 3.05) is 21.3 Å². The van der Waals surface area contributed by atoms with E-state index >= 15 is 0 Å². The van der Waals surface area contributed by atoms with Crippen LogP contribution in [0.5, 0.6) is 17.2 Å². The van der Waals surface area contributed by atoms with Crippen molar-refractivity contribution in [2.24, 2.45) is 0 Å². The first kappa shape index (κ1) is 30.6. The largest absolute Gasteiger partial charge is 1.00 e. The standard InChI is InChI=1S/C20H16ClF3N5O3S.BF3.FH/c1-30-13-9-12(10-14(31-2)15(13)32-3)28-26-18(11-7-5-4-6-8-11)27-29(28)19-25-16(17(21)33-19)20(22,23)24;2-1(3)4;/h4-10H,1-3H3;;1H/q+1;;/p-1. The van der Waals surface area contributed by atoms with Crippen molar-refractivity contribution in [3.63, 3.8) is 0 Å². The third-order valence-corrected chi connectivity index (χ3v) is 5.71. The lowest BCUT2D eigenvalue weighted by molar-refractivity contribution is -0.734. The van der Waals surface area contributed by atoms with Gasteiger partial charge in [0.25, 0.3) is 5.82 Å². The summed E-state index contributed by atoms with van der Waals surface area (Å²) in [6, 6.07) is 12.1. The van der Waals surface area contributed by atoms with E-state index in [4.69, 9.17) is 25.8 Å². The maximum absolute atomic E-state index is 13.3. The molecule has 0 amide bonds. The summed E-state index contributed by atoms with van der Waals surface area (Å²) in [7, 11) is 0.684. The van der Waals surface area contributed by atoms with Crippen LogP contribution >= 0.6 is 22.9 Å². The van der Waals surface area contributed by atoms with Crippen LogP contribution in [0.15, 0.2) is 42.5 Å². The fourth-order valence-electron chi connectivity index (χ4n) is 3.01. The summed E-state index contributed by atoms with van der Waals surface area (Å²) in [5, 5.41) is 8.76. The summed E-state index contributed by atoms with van der Waals surface area (Å²) < 4.78 is 84.5. The van der Waals surface area contributed by atoms with Crippen LogP contribution in [0.25, 0.3) is 22.2 Å². The number of tetrazole rings is 1. The molecule has 4 aromatic rings. The van der Waals surface area contributed by atoms with Crippen molar-refractivity contribution in [1.82, 2.24) is 20.0 Å². The number of alkyl halides is 3. The molecule has 0 aliphatic carbocycles. The van der Waals surface area contributed by atoms with E-state index < -0.39 is 23.8 Å². The van der Waals surface area contributed by atoms with Gasteiger partial charge in [0, 0.05) is 22.8 Å². The van der Waals surface area contributed by atoms with Crippen molar-refractivity contribution >= 4 is 30.5 Å². The Kier molecular flexibility index (Phi) is 10.3. The maximum Gasteiger partial charge on any atom is 0.762 e. The van der Waals surface area contributed by atoms with E-state index in [1.165, 1.54) is 26.1 Å². The van der Waals surface area contributed by atoms with Gasteiger partial charge in [-0.2, -0.15) is 13.2 Å². The monoisotopic (exact) mass is 585 g/mol. The lowest BCUT2D eigenvalue weighted by atomic mass is 10.2. The second-order valence-electron chi connectivity index (χ2n) is 6.72. The van der Waals surface area contributed by atoms with E-state index in [-0.39, 0.29) is 15.7 Å². The smallest absolute Gasteiger partial charge is 0.762 e. The Morgan fingerprint density at radius 1 is 0.974 bits per heavy atom. The predicted octanol–water partition coefficient (Wildman–Crippen LogP) is 2.25. The van der Waals surface area contributed by atoms with Crippen LogP contribution in [0.1, 0.15) is 5.69 Å². The van der Waals surface area contributed by atoms with Gasteiger partial charge in [0.2, 0.25) is 11.4 Å². The zero-order valence-corrected chi connectivity index (χ0v) is 21.1. The number of nitrogens with zero attached hydrogens (tertiary/aromatic N) is 5. The summed E-state index contributed by atoms with van der Waals surface area (Å²) in [6.45, 7) is 0. The third kappa shape index (κ3) is 6.83. The number of ether oxygens (including phenoxy) is 3. The normalized spacial score (nSPS) is 10.7. The van der Waals surface area contributed by atoms with Gasteiger partial charge in [-0.3, -0.25) is 12.9 Å². The van der Waals surface area contributed by atoms with Crippen molar-refractivity contribution < 1.29 is 49.8 Å². The van der Waals surface area contributed by atoms with Gasteiger partial charge in [-0.25, -0.2) is 0 Å². The Balaban J connectivity index is 0.000000947. The minimum Gasteiger partial charge on any atom is -1.00 e. The molecule has 2 aromatic heterocycles. The number of thiazole rings is 1. The van der Waals surface area contributed by atoms with Gasteiger partial charge in [0.1, 0.15) is 10.0 Å². The number of benzene rings is 2. The number of halogens is 8. The third-order valence-electron chi connectivity index (χ3n) is 4.48. The number of hydrogen-bond donors (Lipinski definition) is 0. The highest BCUT2D eigenvalue weighted by Gasteiger charge is 2.42. The SMILES string of the molecule is COc1cc(-n2nc(-c3ccccc3)n[n+]2-c2nc(C(F)(F)F)c(Cl)s2)cc(OC)c1OC.FB(F)F.[F-]. The van der Waals surface area contributed by atoms with Gasteiger partial charge >= 0.3 is 18.9 Å². The Morgan fingerprint density at radius 2 is 1.53 bits per heavy atom. The molecule has 0 bridgehead atoms. The molecule has 0 saturated carbocycles. The fourth-order valence-corrected chi connectivity index (χ4v) is 4.12. The summed E-state index contributed by atoms with van der Waals surface area (Å²) >= 11 is 6.47. The van der Waals surface area contributed by atoms with Gasteiger partial charge in [-0.05, 0) is 38.2 Å². The van der Waals surface area contributed by atoms with Crippen LogP contribution in [0.3, 0.4) is 0 Å². The molecule has 2 heterocycles. The molecule has 0 spiro atoms. The highest BCUT2D eigenvalue weighted by molar-refractivity contribution is 7.17. The van der Waals surface area contributed by atoms with E-state index in [0.29, 0.717) is 39.8 Å². The maximum atomic E-state index is 13.3. The Hall–Kier alpha value is -3.60. The minimum absolute atomic E-state index is 0. The molecule has 0 N–H and O–H groups in total. The van der Waals surface area contributed by atoms with Gasteiger partial charge < -0.3 is 18.9 Å². The van der Waals surface area contributed by atoms with Gasteiger partial charge in [0.15, 0.2) is 11.5 Å². The topological polar surface area (TPSA) is 75.2 Å². The van der Waals surface area contributed by atoms with E-state index in [1.807, 2.05) is 6.07 Å². The molecule has 204 valence electrons. The average Bonchev–Trinajstić information content (AvgIpc) is 3.47. The first-order valence-electron chi connectivity index (χ1n) is 9.91. The quantitative estimate of drug-likeness (QED) is 0.196. The molecule has 0 aliphatic heterocycles. The van der Waals surface area contributed by atoms with Crippen molar-refractivity contribution in [2.45, 2.75) is 6.18 Å². The molecule has 8 nitrogen and oxygen atoms in total. The molecule has 0 unspecified atom stereocenters.